The zero-order valence-corrected chi connectivity index (χ0v) is 18.6. The van der Waals surface area contributed by atoms with Crippen molar-refractivity contribution in [2.24, 2.45) is 12.2 Å². The SMILES string of the molecule is Cc1ccc(Nc2nccc(N([O-])Cc3ccc4c(C)n(C)nc4c3)n2)cc1S(N)(=O)=O. The number of benzene rings is 2. The van der Waals surface area contributed by atoms with Crippen LogP contribution >= 0.6 is 0 Å². The number of primary sulfonamides is 1. The average Bonchev–Trinajstić information content (AvgIpc) is 3.02. The van der Waals surface area contributed by atoms with Crippen LogP contribution in [0.4, 0.5) is 17.5 Å². The number of hydroxylamine groups is 1. The molecule has 0 saturated carbocycles. The predicted molar refractivity (Wildman–Crippen MR) is 123 cm³/mol. The molecule has 0 atom stereocenters. The molecular weight excluding hydrogens is 430 g/mol. The fourth-order valence-electron chi connectivity index (χ4n) is 3.38. The van der Waals surface area contributed by atoms with Gasteiger partial charge in [-0.3, -0.25) is 4.68 Å². The molecule has 0 saturated heterocycles. The lowest BCUT2D eigenvalue weighted by Gasteiger charge is -2.29. The highest BCUT2D eigenvalue weighted by molar-refractivity contribution is 7.89. The van der Waals surface area contributed by atoms with Crippen molar-refractivity contribution < 1.29 is 8.42 Å². The van der Waals surface area contributed by atoms with Gasteiger partial charge in [-0.1, -0.05) is 18.2 Å². The highest BCUT2D eigenvalue weighted by Crippen LogP contribution is 2.23. The molecule has 2 aromatic carbocycles. The summed E-state index contributed by atoms with van der Waals surface area (Å²) in [4.78, 5) is 8.36. The topological polar surface area (TPSA) is 142 Å². The number of rotatable bonds is 6. The average molecular weight is 453 g/mol. The number of fused-ring (bicyclic) bond motifs is 1. The summed E-state index contributed by atoms with van der Waals surface area (Å²) in [5.74, 6) is 0.321. The molecule has 0 fully saturated rings. The van der Waals surface area contributed by atoms with E-state index in [0.717, 1.165) is 27.2 Å². The van der Waals surface area contributed by atoms with Crippen LogP contribution in [0, 0.1) is 19.1 Å². The number of nitrogens with zero attached hydrogens (tertiary/aromatic N) is 5. The van der Waals surface area contributed by atoms with Gasteiger partial charge in [0, 0.05) is 36.6 Å². The van der Waals surface area contributed by atoms with E-state index in [9.17, 15) is 13.6 Å². The minimum Gasteiger partial charge on any atom is -0.757 e. The van der Waals surface area contributed by atoms with E-state index in [4.69, 9.17) is 5.14 Å². The maximum Gasteiger partial charge on any atom is 0.238 e. The van der Waals surface area contributed by atoms with E-state index in [0.29, 0.717) is 11.3 Å². The quantitative estimate of drug-likeness (QED) is 0.425. The Morgan fingerprint density at radius 2 is 1.94 bits per heavy atom. The number of hydrogen-bond acceptors (Lipinski definition) is 8. The van der Waals surface area contributed by atoms with Crippen molar-refractivity contribution in [3.63, 3.8) is 0 Å². The van der Waals surface area contributed by atoms with Gasteiger partial charge in [0.2, 0.25) is 16.0 Å². The summed E-state index contributed by atoms with van der Waals surface area (Å²) < 4.78 is 25.3. The molecule has 32 heavy (non-hydrogen) atoms. The van der Waals surface area contributed by atoms with Crippen LogP contribution in [0.5, 0.6) is 0 Å². The molecule has 10 nitrogen and oxygen atoms in total. The maximum absolute atomic E-state index is 12.7. The molecule has 3 N–H and O–H groups in total. The molecule has 0 aliphatic rings. The minimum absolute atomic E-state index is 0.00394. The molecule has 2 heterocycles. The van der Waals surface area contributed by atoms with Crippen molar-refractivity contribution >= 4 is 38.4 Å². The Kier molecular flexibility index (Phi) is 5.55. The Labute approximate surface area is 185 Å². The second-order valence-corrected chi connectivity index (χ2v) is 9.02. The predicted octanol–water partition coefficient (Wildman–Crippen LogP) is 2.88. The highest BCUT2D eigenvalue weighted by Gasteiger charge is 2.13. The summed E-state index contributed by atoms with van der Waals surface area (Å²) >= 11 is 0. The van der Waals surface area contributed by atoms with Gasteiger partial charge >= 0.3 is 0 Å². The maximum atomic E-state index is 12.7. The third-order valence-electron chi connectivity index (χ3n) is 5.17. The minimum atomic E-state index is -3.87. The first-order valence-corrected chi connectivity index (χ1v) is 11.3. The third-order valence-corrected chi connectivity index (χ3v) is 6.22. The van der Waals surface area contributed by atoms with Crippen molar-refractivity contribution in [2.75, 3.05) is 10.4 Å². The molecule has 11 heteroatoms. The first kappa shape index (κ1) is 21.7. The number of anilines is 3. The van der Waals surface area contributed by atoms with Gasteiger partial charge in [0.1, 0.15) is 5.82 Å². The van der Waals surface area contributed by atoms with Crippen LogP contribution in [-0.4, -0.2) is 28.2 Å². The summed E-state index contributed by atoms with van der Waals surface area (Å²) in [5, 5.41) is 27.2. The molecule has 166 valence electrons. The number of aryl methyl sites for hydroxylation is 3. The highest BCUT2D eigenvalue weighted by atomic mass is 32.2. The Bertz CT molecular complexity index is 1420. The number of nitrogens with two attached hydrogens (primary N) is 1. The molecule has 0 spiro atoms. The van der Waals surface area contributed by atoms with Gasteiger partial charge in [-0.25, -0.2) is 18.5 Å². The molecule has 4 rings (SSSR count). The van der Waals surface area contributed by atoms with E-state index < -0.39 is 10.0 Å². The Balaban J connectivity index is 1.54. The first-order valence-electron chi connectivity index (χ1n) is 9.72. The van der Waals surface area contributed by atoms with Crippen LogP contribution in [0.3, 0.4) is 0 Å². The number of nitrogens with one attached hydrogen (secondary N) is 1. The van der Waals surface area contributed by atoms with Gasteiger partial charge in [0.15, 0.2) is 0 Å². The second kappa shape index (κ2) is 8.19. The number of aromatic nitrogens is 4. The first-order chi connectivity index (χ1) is 15.1. The molecule has 4 aromatic rings. The summed E-state index contributed by atoms with van der Waals surface area (Å²) in [6, 6.07) is 11.9. The van der Waals surface area contributed by atoms with Crippen LogP contribution in [0.25, 0.3) is 10.9 Å². The Morgan fingerprint density at radius 1 is 1.16 bits per heavy atom. The summed E-state index contributed by atoms with van der Waals surface area (Å²) in [5.41, 5.74) is 3.64. The molecule has 0 bridgehead atoms. The normalized spacial score (nSPS) is 11.7. The van der Waals surface area contributed by atoms with Crippen molar-refractivity contribution in [2.45, 2.75) is 25.3 Å². The molecule has 0 aliphatic heterocycles. The standard InChI is InChI=1S/C21H22N7O3S/c1-13-4-6-16(11-19(13)32(22,30)31)24-21-23-9-8-20(25-21)28(29)12-15-5-7-17-14(2)27(3)26-18(17)10-15/h4-11H,12H2,1-3H3,(H2,22,30,31)(H,23,24,25)/q-1. The van der Waals surface area contributed by atoms with E-state index in [1.807, 2.05) is 32.2 Å². The van der Waals surface area contributed by atoms with Crippen molar-refractivity contribution in [3.05, 3.63) is 70.7 Å². The summed E-state index contributed by atoms with van der Waals surface area (Å²) in [6.45, 7) is 3.73. The summed E-state index contributed by atoms with van der Waals surface area (Å²) in [7, 11) is -1.99. The number of hydrogen-bond donors (Lipinski definition) is 2. The lowest BCUT2D eigenvalue weighted by atomic mass is 10.1. The van der Waals surface area contributed by atoms with E-state index >= 15 is 0 Å². The molecule has 0 unspecified atom stereocenters. The summed E-state index contributed by atoms with van der Waals surface area (Å²) in [6.07, 6.45) is 1.45. The molecule has 0 radical (unpaired) electrons. The number of sulfonamides is 1. The van der Waals surface area contributed by atoms with Crippen LogP contribution in [0.2, 0.25) is 0 Å². The molecule has 0 amide bonds. The monoisotopic (exact) mass is 452 g/mol. The van der Waals surface area contributed by atoms with Crippen molar-refractivity contribution in [1.29, 1.82) is 0 Å². The lowest BCUT2D eigenvalue weighted by molar-refractivity contribution is 0.597. The zero-order chi connectivity index (χ0) is 23.0. The zero-order valence-electron chi connectivity index (χ0n) is 17.8. The molecule has 2 aromatic heterocycles. The van der Waals surface area contributed by atoms with E-state index in [1.165, 1.54) is 18.3 Å². The van der Waals surface area contributed by atoms with Gasteiger partial charge in [-0.15, -0.1) is 0 Å². The van der Waals surface area contributed by atoms with Crippen LogP contribution in [-0.2, 0) is 23.6 Å². The van der Waals surface area contributed by atoms with E-state index in [1.54, 1.807) is 23.7 Å². The van der Waals surface area contributed by atoms with Gasteiger partial charge in [-0.05, 0) is 49.2 Å². The van der Waals surface area contributed by atoms with Crippen LogP contribution < -0.4 is 15.5 Å². The largest absolute Gasteiger partial charge is 0.757 e. The van der Waals surface area contributed by atoms with Gasteiger partial charge < -0.3 is 15.6 Å². The smallest absolute Gasteiger partial charge is 0.238 e. The third kappa shape index (κ3) is 4.40. The Morgan fingerprint density at radius 3 is 2.69 bits per heavy atom. The second-order valence-electron chi connectivity index (χ2n) is 7.49. The molecular formula is C21H22N7O3S-. The fraction of sp³-hybridized carbons (Fsp3) is 0.190. The fourth-order valence-corrected chi connectivity index (χ4v) is 4.19. The van der Waals surface area contributed by atoms with E-state index in [-0.39, 0.29) is 23.2 Å². The van der Waals surface area contributed by atoms with Gasteiger partial charge in [0.05, 0.1) is 10.4 Å². The van der Waals surface area contributed by atoms with Crippen molar-refractivity contribution in [3.8, 4) is 0 Å². The van der Waals surface area contributed by atoms with Gasteiger partial charge in [0.25, 0.3) is 0 Å². The lowest BCUT2D eigenvalue weighted by Crippen LogP contribution is -2.16. The molecule has 0 aliphatic carbocycles. The van der Waals surface area contributed by atoms with Crippen LogP contribution in [0.15, 0.2) is 53.6 Å². The Hall–Kier alpha value is -3.54. The van der Waals surface area contributed by atoms with E-state index in [2.05, 4.69) is 20.4 Å². The van der Waals surface area contributed by atoms with Crippen LogP contribution in [0.1, 0.15) is 16.8 Å². The van der Waals surface area contributed by atoms with Crippen molar-refractivity contribution in [1.82, 2.24) is 19.7 Å². The van der Waals surface area contributed by atoms with Gasteiger partial charge in [-0.2, -0.15) is 10.1 Å².